The Bertz CT molecular complexity index is 310. The molecule has 2 aliphatic rings. The molecule has 3 atom stereocenters. The van der Waals surface area contributed by atoms with Gasteiger partial charge in [0, 0.05) is 11.8 Å². The molecule has 16 heavy (non-hydrogen) atoms. The number of hydrogen-bond donors (Lipinski definition) is 1. The Kier molecular flexibility index (Phi) is 3.28. The number of rotatable bonds is 1. The molecule has 6 heteroatoms. The van der Waals surface area contributed by atoms with Crippen LogP contribution in [0.3, 0.4) is 0 Å². The Labute approximate surface area is 98.9 Å². The largest absolute Gasteiger partial charge is 0.453 e. The Morgan fingerprint density at radius 3 is 3.00 bits per heavy atom. The molecule has 2 heterocycles. The van der Waals surface area contributed by atoms with E-state index in [1.54, 1.807) is 0 Å². The molecule has 0 radical (unpaired) electrons. The number of nitrogens with zero attached hydrogens (tertiary/aromatic N) is 1. The molecule has 5 nitrogen and oxygen atoms in total. The van der Waals surface area contributed by atoms with Crippen molar-refractivity contribution in [2.24, 2.45) is 0 Å². The molecule has 0 aliphatic carbocycles. The highest BCUT2D eigenvalue weighted by Gasteiger charge is 2.42. The molecule has 2 rings (SSSR count). The van der Waals surface area contributed by atoms with Crippen molar-refractivity contribution in [1.82, 2.24) is 10.2 Å². The Morgan fingerprint density at radius 2 is 2.31 bits per heavy atom. The van der Waals surface area contributed by atoms with Crippen LogP contribution in [-0.4, -0.2) is 47.2 Å². The van der Waals surface area contributed by atoms with Gasteiger partial charge >= 0.3 is 6.09 Å². The lowest BCUT2D eigenvalue weighted by atomic mass is 10.0. The summed E-state index contributed by atoms with van der Waals surface area (Å²) in [7, 11) is 1.31. The first-order valence-electron chi connectivity index (χ1n) is 5.41. The first-order chi connectivity index (χ1) is 7.63. The van der Waals surface area contributed by atoms with E-state index in [0.29, 0.717) is 11.8 Å². The van der Waals surface area contributed by atoms with Crippen molar-refractivity contribution in [3.05, 3.63) is 0 Å². The van der Waals surface area contributed by atoms with E-state index < -0.39 is 12.1 Å². The van der Waals surface area contributed by atoms with E-state index in [2.05, 4.69) is 10.1 Å². The molecule has 90 valence electrons. The number of fused-ring (bicyclic) bond motifs is 1. The lowest BCUT2D eigenvalue weighted by Gasteiger charge is -2.36. The van der Waals surface area contributed by atoms with Crippen molar-refractivity contribution in [2.45, 2.75) is 37.2 Å². The molecule has 2 amide bonds. The second-order valence-electron chi connectivity index (χ2n) is 4.15. The van der Waals surface area contributed by atoms with Gasteiger partial charge in [-0.15, -0.1) is 11.8 Å². The van der Waals surface area contributed by atoms with Gasteiger partial charge in [0.1, 0.15) is 6.04 Å². The third-order valence-corrected chi connectivity index (χ3v) is 4.57. The molecule has 0 unspecified atom stereocenters. The van der Waals surface area contributed by atoms with E-state index >= 15 is 0 Å². The number of hydrogen-bond acceptors (Lipinski definition) is 4. The Balaban J connectivity index is 2.03. The summed E-state index contributed by atoms with van der Waals surface area (Å²) in [4.78, 5) is 25.1. The molecule has 2 aliphatic heterocycles. The van der Waals surface area contributed by atoms with E-state index in [1.165, 1.54) is 7.11 Å². The average molecular weight is 244 g/mol. The van der Waals surface area contributed by atoms with Gasteiger partial charge in [-0.3, -0.25) is 4.79 Å². The highest BCUT2D eigenvalue weighted by atomic mass is 32.2. The van der Waals surface area contributed by atoms with Crippen molar-refractivity contribution in [3.8, 4) is 0 Å². The number of nitrogens with one attached hydrogen (secondary N) is 1. The summed E-state index contributed by atoms with van der Waals surface area (Å²) in [6, 6.07) is -0.144. The number of carbonyl (C=O) groups is 2. The van der Waals surface area contributed by atoms with E-state index in [1.807, 2.05) is 23.6 Å². The summed E-state index contributed by atoms with van der Waals surface area (Å²) in [5.74, 6) is 1.01. The summed E-state index contributed by atoms with van der Waals surface area (Å²) in [6.45, 7) is 2.05. The van der Waals surface area contributed by atoms with Crippen LogP contribution in [0.1, 0.15) is 19.8 Å². The molecule has 2 fully saturated rings. The van der Waals surface area contributed by atoms with Crippen molar-refractivity contribution in [1.29, 1.82) is 0 Å². The maximum Gasteiger partial charge on any atom is 0.407 e. The van der Waals surface area contributed by atoms with Crippen molar-refractivity contribution < 1.29 is 14.3 Å². The van der Waals surface area contributed by atoms with Gasteiger partial charge in [0.15, 0.2) is 0 Å². The van der Waals surface area contributed by atoms with Crippen molar-refractivity contribution >= 4 is 23.8 Å². The summed E-state index contributed by atoms with van der Waals surface area (Å²) in [6.07, 6.45) is 1.11. The number of methoxy groups -OCH3 is 1. The third kappa shape index (κ3) is 1.98. The maximum absolute atomic E-state index is 12.1. The standard InChI is InChI=1S/C10H16N2O3S/c1-6-5-16-8-4-3-7(9(13)12(6)8)11-10(14)15-2/h6-8H,3-5H2,1-2H3,(H,11,14)/t6-,7+,8-/m1/s1. The zero-order valence-corrected chi connectivity index (χ0v) is 10.3. The first kappa shape index (κ1) is 11.6. The Hall–Kier alpha value is -0.910. The van der Waals surface area contributed by atoms with Crippen molar-refractivity contribution in [3.63, 3.8) is 0 Å². The topological polar surface area (TPSA) is 58.6 Å². The molecular weight excluding hydrogens is 228 g/mol. The zero-order chi connectivity index (χ0) is 11.7. The minimum atomic E-state index is -0.531. The highest BCUT2D eigenvalue weighted by Crippen LogP contribution is 2.36. The Morgan fingerprint density at radius 1 is 1.56 bits per heavy atom. The molecule has 1 N–H and O–H groups in total. The van der Waals surface area contributed by atoms with Gasteiger partial charge in [-0.25, -0.2) is 4.79 Å². The number of amides is 2. The number of thioether (sulfide) groups is 1. The van der Waals surface area contributed by atoms with Crippen LogP contribution in [0.2, 0.25) is 0 Å². The highest BCUT2D eigenvalue weighted by molar-refractivity contribution is 8.00. The van der Waals surface area contributed by atoms with Gasteiger partial charge in [-0.05, 0) is 19.8 Å². The van der Waals surface area contributed by atoms with E-state index in [0.717, 1.165) is 12.2 Å². The monoisotopic (exact) mass is 244 g/mol. The predicted octanol–water partition coefficient (Wildman–Crippen LogP) is 0.795. The molecular formula is C10H16N2O3S. The zero-order valence-electron chi connectivity index (χ0n) is 9.43. The number of ether oxygens (including phenoxy) is 1. The summed E-state index contributed by atoms with van der Waals surface area (Å²) >= 11 is 1.83. The van der Waals surface area contributed by atoms with E-state index in [-0.39, 0.29) is 11.9 Å². The van der Waals surface area contributed by atoms with Crippen molar-refractivity contribution in [2.75, 3.05) is 12.9 Å². The van der Waals surface area contributed by atoms with Gasteiger partial charge in [0.25, 0.3) is 0 Å². The quantitative estimate of drug-likeness (QED) is 0.741. The second kappa shape index (κ2) is 4.53. The molecule has 0 spiro atoms. The molecule has 0 saturated carbocycles. The van der Waals surface area contributed by atoms with Gasteiger partial charge in [-0.1, -0.05) is 0 Å². The lowest BCUT2D eigenvalue weighted by molar-refractivity contribution is -0.137. The molecule has 0 aromatic rings. The van der Waals surface area contributed by atoms with Crippen LogP contribution in [0.4, 0.5) is 4.79 Å². The van der Waals surface area contributed by atoms with E-state index in [9.17, 15) is 9.59 Å². The van der Waals surface area contributed by atoms with Crippen LogP contribution >= 0.6 is 11.8 Å². The third-order valence-electron chi connectivity index (χ3n) is 3.05. The smallest absolute Gasteiger partial charge is 0.407 e. The van der Waals surface area contributed by atoms with Crippen LogP contribution in [0, 0.1) is 0 Å². The minimum absolute atomic E-state index is 0.0270. The molecule has 0 aromatic carbocycles. The first-order valence-corrected chi connectivity index (χ1v) is 6.46. The number of piperidine rings is 1. The fourth-order valence-electron chi connectivity index (χ4n) is 2.22. The lowest BCUT2D eigenvalue weighted by Crippen LogP contribution is -2.55. The summed E-state index contributed by atoms with van der Waals surface area (Å²) < 4.78 is 4.51. The minimum Gasteiger partial charge on any atom is -0.453 e. The predicted molar refractivity (Wildman–Crippen MR) is 61.1 cm³/mol. The average Bonchev–Trinajstić information content (AvgIpc) is 2.65. The van der Waals surface area contributed by atoms with Crippen LogP contribution in [0.5, 0.6) is 0 Å². The fraction of sp³-hybridized carbons (Fsp3) is 0.800. The van der Waals surface area contributed by atoms with Gasteiger partial charge < -0.3 is 15.0 Å². The summed E-state index contributed by atoms with van der Waals surface area (Å²) in [5, 5.41) is 2.89. The number of carbonyl (C=O) groups excluding carboxylic acids is 2. The molecule has 2 saturated heterocycles. The molecule has 0 bridgehead atoms. The SMILES string of the molecule is COC(=O)N[C@H]1CC[C@H]2SC[C@@H](C)N2C1=O. The van der Waals surface area contributed by atoms with Gasteiger partial charge in [0.2, 0.25) is 5.91 Å². The van der Waals surface area contributed by atoms with Crippen LogP contribution in [-0.2, 0) is 9.53 Å². The second-order valence-corrected chi connectivity index (χ2v) is 5.36. The van der Waals surface area contributed by atoms with Gasteiger partial charge in [0.05, 0.1) is 12.5 Å². The normalized spacial score (nSPS) is 33.5. The maximum atomic E-state index is 12.1. The number of alkyl carbamates (subject to hydrolysis) is 1. The summed E-state index contributed by atoms with van der Waals surface area (Å²) in [5.41, 5.74) is 0. The van der Waals surface area contributed by atoms with Crippen LogP contribution in [0.15, 0.2) is 0 Å². The van der Waals surface area contributed by atoms with Gasteiger partial charge in [-0.2, -0.15) is 0 Å². The van der Waals surface area contributed by atoms with E-state index in [4.69, 9.17) is 0 Å². The molecule has 0 aromatic heterocycles. The van der Waals surface area contributed by atoms with Crippen LogP contribution in [0.25, 0.3) is 0 Å². The van der Waals surface area contributed by atoms with Crippen LogP contribution < -0.4 is 5.32 Å². The fourth-order valence-corrected chi connectivity index (χ4v) is 3.66.